The number of benzene rings is 2. The maximum absolute atomic E-state index is 12.5. The van der Waals surface area contributed by atoms with Crippen molar-refractivity contribution in [3.63, 3.8) is 0 Å². The molecule has 0 aromatic heterocycles. The second kappa shape index (κ2) is 7.39. The smallest absolute Gasteiger partial charge is 0.323 e. The van der Waals surface area contributed by atoms with Crippen LogP contribution in [-0.2, 0) is 31.9 Å². The third-order valence-corrected chi connectivity index (χ3v) is 5.46. The molecule has 3 rings (SSSR count). The Labute approximate surface area is 159 Å². The average Bonchev–Trinajstić information content (AvgIpc) is 3.12. The lowest BCUT2D eigenvalue weighted by molar-refractivity contribution is -0.168. The quantitative estimate of drug-likeness (QED) is 0.469. The van der Waals surface area contributed by atoms with Gasteiger partial charge in [0, 0.05) is 12.8 Å². The molecule has 0 saturated carbocycles. The molecule has 0 spiro atoms. The van der Waals surface area contributed by atoms with E-state index in [4.69, 9.17) is 9.47 Å². The van der Waals surface area contributed by atoms with Gasteiger partial charge in [-0.05, 0) is 47.2 Å². The Morgan fingerprint density at radius 3 is 2.11 bits per heavy atom. The van der Waals surface area contributed by atoms with Gasteiger partial charge in [0.2, 0.25) is 0 Å². The van der Waals surface area contributed by atoms with Crippen LogP contribution in [0.3, 0.4) is 0 Å². The molecule has 0 saturated heterocycles. The predicted octanol–water partition coefficient (Wildman–Crippen LogP) is 3.90. The van der Waals surface area contributed by atoms with Gasteiger partial charge in [0.15, 0.2) is 5.41 Å². The molecule has 2 aromatic carbocycles. The summed E-state index contributed by atoms with van der Waals surface area (Å²) in [6.07, 6.45) is 4.77. The topological polar surface area (TPSA) is 52.6 Å². The Morgan fingerprint density at radius 2 is 1.52 bits per heavy atom. The average molecular weight is 364 g/mol. The molecule has 0 unspecified atom stereocenters. The third-order valence-electron chi connectivity index (χ3n) is 5.46. The summed E-state index contributed by atoms with van der Waals surface area (Å²) in [5.41, 5.74) is 5.15. The monoisotopic (exact) mass is 364 g/mol. The van der Waals surface area contributed by atoms with Gasteiger partial charge in [-0.15, -0.1) is 0 Å². The number of hydrogen-bond acceptors (Lipinski definition) is 4. The number of carbonyl (C=O) groups is 2. The van der Waals surface area contributed by atoms with Crippen LogP contribution in [-0.4, -0.2) is 26.2 Å². The van der Waals surface area contributed by atoms with E-state index in [1.165, 1.54) is 14.2 Å². The van der Waals surface area contributed by atoms with Crippen molar-refractivity contribution in [3.8, 4) is 0 Å². The Kier molecular flexibility index (Phi) is 5.17. The van der Waals surface area contributed by atoms with Gasteiger partial charge in [-0.1, -0.05) is 48.6 Å². The Bertz CT molecular complexity index is 894. The molecule has 4 nitrogen and oxygen atoms in total. The first-order chi connectivity index (χ1) is 12.9. The number of methoxy groups -OCH3 is 2. The van der Waals surface area contributed by atoms with Gasteiger partial charge in [0.05, 0.1) is 14.2 Å². The van der Waals surface area contributed by atoms with Crippen LogP contribution < -0.4 is 0 Å². The van der Waals surface area contributed by atoms with Crippen LogP contribution >= 0.6 is 0 Å². The second-order valence-electron chi connectivity index (χ2n) is 7.03. The molecule has 1 aliphatic rings. The molecular formula is C23H24O4. The zero-order valence-electron chi connectivity index (χ0n) is 16.2. The summed E-state index contributed by atoms with van der Waals surface area (Å²) >= 11 is 0. The highest BCUT2D eigenvalue weighted by Gasteiger charge is 2.53. The predicted molar refractivity (Wildman–Crippen MR) is 105 cm³/mol. The highest BCUT2D eigenvalue weighted by Crippen LogP contribution is 2.43. The minimum atomic E-state index is -1.29. The molecule has 0 N–H and O–H groups in total. The van der Waals surface area contributed by atoms with Crippen molar-refractivity contribution in [1.29, 1.82) is 0 Å². The number of esters is 2. The van der Waals surface area contributed by atoms with Gasteiger partial charge < -0.3 is 9.47 Å². The third kappa shape index (κ3) is 3.27. The fourth-order valence-corrected chi connectivity index (χ4v) is 3.90. The van der Waals surface area contributed by atoms with Gasteiger partial charge >= 0.3 is 11.9 Å². The van der Waals surface area contributed by atoms with Crippen molar-refractivity contribution in [2.45, 2.75) is 26.7 Å². The highest BCUT2D eigenvalue weighted by atomic mass is 16.5. The van der Waals surface area contributed by atoms with Crippen LogP contribution in [0.25, 0.3) is 12.2 Å². The molecular weight excluding hydrogens is 340 g/mol. The Hall–Kier alpha value is -2.88. The van der Waals surface area contributed by atoms with Gasteiger partial charge in [0.25, 0.3) is 0 Å². The summed E-state index contributed by atoms with van der Waals surface area (Å²) in [4.78, 5) is 25.0. The molecule has 0 bridgehead atoms. The zero-order chi connectivity index (χ0) is 19.6. The summed E-state index contributed by atoms with van der Waals surface area (Å²) < 4.78 is 9.91. The normalized spacial score (nSPS) is 14.8. The number of rotatable bonds is 4. The van der Waals surface area contributed by atoms with Crippen molar-refractivity contribution in [2.24, 2.45) is 5.41 Å². The van der Waals surface area contributed by atoms with Crippen molar-refractivity contribution >= 4 is 24.1 Å². The molecule has 140 valence electrons. The van der Waals surface area contributed by atoms with Crippen LogP contribution in [0.1, 0.15) is 33.4 Å². The van der Waals surface area contributed by atoms with Crippen molar-refractivity contribution in [3.05, 3.63) is 69.8 Å². The van der Waals surface area contributed by atoms with E-state index in [2.05, 4.69) is 18.2 Å². The van der Waals surface area contributed by atoms with Crippen LogP contribution in [0, 0.1) is 19.3 Å². The number of aryl methyl sites for hydroxylation is 1. The molecule has 1 aliphatic carbocycles. The van der Waals surface area contributed by atoms with Gasteiger partial charge in [-0.25, -0.2) is 0 Å². The lowest BCUT2D eigenvalue weighted by atomic mass is 9.84. The molecule has 4 heteroatoms. The minimum Gasteiger partial charge on any atom is -0.468 e. The molecule has 0 heterocycles. The number of carbonyl (C=O) groups excluding carboxylic acids is 2. The molecule has 27 heavy (non-hydrogen) atoms. The molecule has 0 aliphatic heterocycles. The first kappa shape index (κ1) is 18.9. The van der Waals surface area contributed by atoms with E-state index in [1.807, 2.05) is 44.2 Å². The van der Waals surface area contributed by atoms with Crippen molar-refractivity contribution in [2.75, 3.05) is 14.2 Å². The van der Waals surface area contributed by atoms with Crippen molar-refractivity contribution < 1.29 is 19.1 Å². The van der Waals surface area contributed by atoms with Gasteiger partial charge in [0.1, 0.15) is 0 Å². The Balaban J connectivity index is 2.03. The SMILES string of the molecule is COC(=O)C1(C(=O)OC)Cc2c(C)cc(C=Cc3ccccc3)c(C)c2C1. The Morgan fingerprint density at radius 1 is 0.926 bits per heavy atom. The van der Waals surface area contributed by atoms with Gasteiger partial charge in [-0.3, -0.25) is 9.59 Å². The maximum atomic E-state index is 12.5. The van der Waals surface area contributed by atoms with Crippen LogP contribution in [0.15, 0.2) is 36.4 Å². The first-order valence-electron chi connectivity index (χ1n) is 8.95. The molecule has 2 aromatic rings. The van der Waals surface area contributed by atoms with E-state index in [-0.39, 0.29) is 0 Å². The zero-order valence-corrected chi connectivity index (χ0v) is 16.2. The van der Waals surface area contributed by atoms with Crippen LogP contribution in [0.2, 0.25) is 0 Å². The summed E-state index contributed by atoms with van der Waals surface area (Å²) in [6, 6.07) is 12.2. The maximum Gasteiger partial charge on any atom is 0.323 e. The molecule has 0 radical (unpaired) electrons. The van der Waals surface area contributed by atoms with Crippen LogP contribution in [0.5, 0.6) is 0 Å². The first-order valence-corrected chi connectivity index (χ1v) is 8.95. The highest BCUT2D eigenvalue weighted by molar-refractivity contribution is 6.01. The van der Waals surface area contributed by atoms with Crippen molar-refractivity contribution in [1.82, 2.24) is 0 Å². The summed E-state index contributed by atoms with van der Waals surface area (Å²) in [5.74, 6) is -1.07. The summed E-state index contributed by atoms with van der Waals surface area (Å²) in [6.45, 7) is 4.05. The van der Waals surface area contributed by atoms with Crippen LogP contribution in [0.4, 0.5) is 0 Å². The number of ether oxygens (including phenoxy) is 2. The minimum absolute atomic E-state index is 0.307. The lowest BCUT2D eigenvalue weighted by Crippen LogP contribution is -2.42. The largest absolute Gasteiger partial charge is 0.468 e. The van der Waals surface area contributed by atoms with E-state index in [0.29, 0.717) is 12.8 Å². The number of hydrogen-bond donors (Lipinski definition) is 0. The van der Waals surface area contributed by atoms with E-state index < -0.39 is 17.4 Å². The van der Waals surface area contributed by atoms with E-state index in [0.717, 1.165) is 33.4 Å². The second-order valence-corrected chi connectivity index (χ2v) is 7.03. The van der Waals surface area contributed by atoms with E-state index in [9.17, 15) is 9.59 Å². The fourth-order valence-electron chi connectivity index (χ4n) is 3.90. The number of fused-ring (bicyclic) bond motifs is 1. The standard InChI is InChI=1S/C23H24O4/c1-15-12-18(11-10-17-8-6-5-7-9-17)16(2)20-14-23(13-19(15)20,21(24)26-3)22(25)27-4/h5-12H,13-14H2,1-4H3. The molecule has 0 fully saturated rings. The molecule has 0 amide bonds. The fraction of sp³-hybridized carbons (Fsp3) is 0.304. The lowest BCUT2D eigenvalue weighted by Gasteiger charge is -2.22. The summed E-state index contributed by atoms with van der Waals surface area (Å²) in [7, 11) is 2.62. The van der Waals surface area contributed by atoms with E-state index >= 15 is 0 Å². The van der Waals surface area contributed by atoms with Gasteiger partial charge in [-0.2, -0.15) is 0 Å². The molecule has 0 atom stereocenters. The summed E-state index contributed by atoms with van der Waals surface area (Å²) in [5, 5.41) is 0. The van der Waals surface area contributed by atoms with E-state index in [1.54, 1.807) is 0 Å².